The van der Waals surface area contributed by atoms with Gasteiger partial charge >= 0.3 is 0 Å². The Morgan fingerprint density at radius 1 is 1.09 bits per heavy atom. The van der Waals surface area contributed by atoms with Gasteiger partial charge in [-0.3, -0.25) is 4.79 Å². The lowest BCUT2D eigenvalue weighted by Gasteiger charge is -2.56. The zero-order valence-corrected chi connectivity index (χ0v) is 19.6. The number of Topliss-reactive ketones (excluding diaryl/α,β-unsaturated/α-hetero) is 1. The number of hydrogen-bond acceptors (Lipinski definition) is 4. The molecular weight excluding hydrogens is 417 g/mol. The highest BCUT2D eigenvalue weighted by Crippen LogP contribution is 2.64. The van der Waals surface area contributed by atoms with E-state index in [0.29, 0.717) is 54.8 Å². The Balaban J connectivity index is 1.19. The number of alkyl halides is 1. The molecule has 33 heavy (non-hydrogen) atoms. The third kappa shape index (κ3) is 3.38. The van der Waals surface area contributed by atoms with Gasteiger partial charge in [0, 0.05) is 5.92 Å². The van der Waals surface area contributed by atoms with Crippen LogP contribution in [0.2, 0.25) is 0 Å². The van der Waals surface area contributed by atoms with Crippen molar-refractivity contribution in [1.29, 1.82) is 0 Å². The fourth-order valence-electron chi connectivity index (χ4n) is 8.90. The van der Waals surface area contributed by atoms with Crippen LogP contribution in [0.1, 0.15) is 64.7 Å². The molecule has 6 heteroatoms. The molecule has 5 nitrogen and oxygen atoms in total. The molecule has 0 radical (unpaired) electrons. The summed E-state index contributed by atoms with van der Waals surface area (Å²) in [6, 6.07) is 7.84. The maximum atomic E-state index is 13.6. The van der Waals surface area contributed by atoms with Crippen molar-refractivity contribution in [3.63, 3.8) is 0 Å². The van der Waals surface area contributed by atoms with E-state index >= 15 is 0 Å². The number of para-hydroxylation sites is 1. The van der Waals surface area contributed by atoms with Crippen molar-refractivity contribution in [3.8, 4) is 0 Å². The van der Waals surface area contributed by atoms with Gasteiger partial charge < -0.3 is 5.11 Å². The van der Waals surface area contributed by atoms with Crippen molar-refractivity contribution >= 4 is 16.8 Å². The summed E-state index contributed by atoms with van der Waals surface area (Å²) >= 11 is 0. The molecule has 0 amide bonds. The van der Waals surface area contributed by atoms with Crippen molar-refractivity contribution < 1.29 is 14.3 Å². The van der Waals surface area contributed by atoms with E-state index in [0.717, 1.165) is 43.1 Å². The van der Waals surface area contributed by atoms with Crippen molar-refractivity contribution in [1.82, 2.24) is 15.0 Å². The SMILES string of the molecule is C[C@]12CC[C@H]3[C@@H](CC[C@@H]4C[C@@](O)(CF)CC[C@@H]43)[C@@H]1CC[C@@H]2C(=O)Cn1nnc2ccccc21. The summed E-state index contributed by atoms with van der Waals surface area (Å²) in [5.41, 5.74) is 0.770. The Kier molecular flexibility index (Phi) is 5.17. The van der Waals surface area contributed by atoms with Crippen LogP contribution in [0.25, 0.3) is 11.0 Å². The third-order valence-corrected chi connectivity index (χ3v) is 10.5. The highest BCUT2D eigenvalue weighted by molar-refractivity contribution is 5.84. The Labute approximate surface area is 195 Å². The zero-order valence-electron chi connectivity index (χ0n) is 19.6. The van der Waals surface area contributed by atoms with Gasteiger partial charge in [0.2, 0.25) is 0 Å². The predicted octanol–water partition coefficient (Wildman–Crippen LogP) is 4.97. The Hall–Kier alpha value is -1.82. The molecule has 0 aliphatic heterocycles. The maximum Gasteiger partial charge on any atom is 0.157 e. The number of carbonyl (C=O) groups excluding carboxylic acids is 1. The van der Waals surface area contributed by atoms with Crippen LogP contribution < -0.4 is 0 Å². The molecule has 178 valence electrons. The van der Waals surface area contributed by atoms with E-state index in [9.17, 15) is 14.3 Å². The Bertz CT molecular complexity index is 1050. The molecule has 4 saturated carbocycles. The first kappa shape index (κ1) is 21.7. The quantitative estimate of drug-likeness (QED) is 0.710. The van der Waals surface area contributed by atoms with Crippen molar-refractivity contribution in [2.75, 3.05) is 6.67 Å². The number of halogens is 1. The highest BCUT2D eigenvalue weighted by atomic mass is 19.1. The molecular formula is C27H36FN3O2. The van der Waals surface area contributed by atoms with Crippen LogP contribution in [0.15, 0.2) is 24.3 Å². The molecule has 0 spiro atoms. The number of aliphatic hydroxyl groups is 1. The third-order valence-electron chi connectivity index (χ3n) is 10.5. The highest BCUT2D eigenvalue weighted by Gasteiger charge is 2.59. The molecule has 1 N–H and O–H groups in total. The van der Waals surface area contributed by atoms with E-state index in [1.165, 1.54) is 12.8 Å². The van der Waals surface area contributed by atoms with Crippen LogP contribution in [0, 0.1) is 40.9 Å². The zero-order chi connectivity index (χ0) is 22.8. The summed E-state index contributed by atoms with van der Waals surface area (Å²) in [6.07, 6.45) is 8.97. The lowest BCUT2D eigenvalue weighted by atomic mass is 9.49. The molecule has 0 unspecified atom stereocenters. The van der Waals surface area contributed by atoms with E-state index in [2.05, 4.69) is 17.2 Å². The summed E-state index contributed by atoms with van der Waals surface area (Å²) in [4.78, 5) is 13.6. The van der Waals surface area contributed by atoms with E-state index in [4.69, 9.17) is 0 Å². The lowest BCUT2D eigenvalue weighted by molar-refractivity contribution is -0.134. The summed E-state index contributed by atoms with van der Waals surface area (Å²) in [5.74, 6) is 3.52. The first-order valence-corrected chi connectivity index (χ1v) is 13.0. The number of fused-ring (bicyclic) bond motifs is 6. The van der Waals surface area contributed by atoms with Crippen molar-refractivity contribution in [3.05, 3.63) is 24.3 Å². The molecule has 1 aromatic heterocycles. The van der Waals surface area contributed by atoms with Gasteiger partial charge in [0.25, 0.3) is 0 Å². The number of benzene rings is 1. The number of hydrogen-bond donors (Lipinski definition) is 1. The van der Waals surface area contributed by atoms with Crippen LogP contribution in [0.4, 0.5) is 4.39 Å². The standard InChI is InChI=1S/C27H36FN3O2/c1-26-12-10-19-18-11-13-27(33,16-28)14-17(18)6-7-20(19)21(26)8-9-22(26)25(32)15-31-24-5-3-2-4-23(24)29-30-31/h2-5,17-22,33H,6-16H2,1H3/t17-,18+,19-,20-,21+,22-,26+,27-/m1/s1. The van der Waals surface area contributed by atoms with Crippen LogP contribution in [-0.4, -0.2) is 38.2 Å². The van der Waals surface area contributed by atoms with Crippen molar-refractivity contribution in [2.45, 2.75) is 76.9 Å². The molecule has 1 heterocycles. The minimum atomic E-state index is -1.08. The summed E-state index contributed by atoms with van der Waals surface area (Å²) in [6.45, 7) is 2.10. The maximum absolute atomic E-state index is 13.6. The molecule has 4 aliphatic rings. The van der Waals surface area contributed by atoms with Gasteiger partial charge in [0.15, 0.2) is 5.78 Å². The molecule has 4 aliphatic carbocycles. The molecule has 4 fully saturated rings. The Morgan fingerprint density at radius 2 is 1.91 bits per heavy atom. The lowest BCUT2D eigenvalue weighted by Crippen LogP contribution is -2.52. The number of rotatable bonds is 4. The van der Waals surface area contributed by atoms with Crippen LogP contribution in [-0.2, 0) is 11.3 Å². The second-order valence-electron chi connectivity index (χ2n) is 11.9. The average molecular weight is 454 g/mol. The number of ketones is 1. The normalized spacial score (nSPS) is 42.5. The van der Waals surface area contributed by atoms with Crippen molar-refractivity contribution in [2.24, 2.45) is 40.9 Å². The predicted molar refractivity (Wildman–Crippen MR) is 124 cm³/mol. The minimum absolute atomic E-state index is 0.0792. The largest absolute Gasteiger partial charge is 0.387 e. The van der Waals surface area contributed by atoms with Crippen LogP contribution >= 0.6 is 0 Å². The second-order valence-corrected chi connectivity index (χ2v) is 11.9. The van der Waals surface area contributed by atoms with Gasteiger partial charge in [0.1, 0.15) is 18.7 Å². The minimum Gasteiger partial charge on any atom is -0.387 e. The van der Waals surface area contributed by atoms with E-state index in [1.54, 1.807) is 4.68 Å². The first-order chi connectivity index (χ1) is 15.9. The summed E-state index contributed by atoms with van der Waals surface area (Å²) < 4.78 is 15.2. The van der Waals surface area contributed by atoms with E-state index in [1.807, 2.05) is 24.3 Å². The number of carbonyl (C=O) groups is 1. The topological polar surface area (TPSA) is 68.0 Å². The molecule has 0 saturated heterocycles. The molecule has 8 atom stereocenters. The average Bonchev–Trinajstić information content (AvgIpc) is 3.39. The fourth-order valence-corrected chi connectivity index (χ4v) is 8.90. The first-order valence-electron chi connectivity index (χ1n) is 13.0. The second kappa shape index (κ2) is 7.86. The van der Waals surface area contributed by atoms with Gasteiger partial charge in [-0.05, 0) is 105 Å². The number of aromatic nitrogens is 3. The van der Waals surface area contributed by atoms with Gasteiger partial charge in [0.05, 0.1) is 11.1 Å². The van der Waals surface area contributed by atoms with Gasteiger partial charge in [-0.15, -0.1) is 5.10 Å². The monoisotopic (exact) mass is 453 g/mol. The molecule has 2 aromatic rings. The molecule has 6 rings (SSSR count). The molecule has 1 aromatic carbocycles. The van der Waals surface area contributed by atoms with Crippen LogP contribution in [0.3, 0.4) is 0 Å². The molecule has 0 bridgehead atoms. The van der Waals surface area contributed by atoms with Gasteiger partial charge in [-0.2, -0.15) is 0 Å². The Morgan fingerprint density at radius 3 is 2.76 bits per heavy atom. The number of nitrogens with zero attached hydrogens (tertiary/aromatic N) is 3. The smallest absolute Gasteiger partial charge is 0.157 e. The summed E-state index contributed by atoms with van der Waals surface area (Å²) in [7, 11) is 0. The van der Waals surface area contributed by atoms with E-state index in [-0.39, 0.29) is 11.3 Å². The summed E-state index contributed by atoms with van der Waals surface area (Å²) in [5, 5.41) is 19.0. The van der Waals surface area contributed by atoms with Gasteiger partial charge in [-0.25, -0.2) is 9.07 Å². The van der Waals surface area contributed by atoms with Crippen LogP contribution in [0.5, 0.6) is 0 Å². The van der Waals surface area contributed by atoms with Gasteiger partial charge in [-0.1, -0.05) is 24.3 Å². The van der Waals surface area contributed by atoms with E-state index < -0.39 is 12.3 Å². The fraction of sp³-hybridized carbons (Fsp3) is 0.741.